The monoisotopic (exact) mass is 924 g/mol. The number of nitro groups is 1. The lowest BCUT2D eigenvalue weighted by molar-refractivity contribution is -0.383. The molecule has 0 aliphatic rings. The number of oxime groups is 1. The summed E-state index contributed by atoms with van der Waals surface area (Å²) >= 11 is 0. The van der Waals surface area contributed by atoms with Gasteiger partial charge in [-0.25, -0.2) is 4.57 Å². The lowest BCUT2D eigenvalue weighted by atomic mass is 10.1. The maximum Gasteiger partial charge on any atom is 0.475 e. The molecular formula is C44H61N8O12P. The molecule has 2 unspecified atom stereocenters. The first-order valence-electron chi connectivity index (χ1n) is 21.6. The third-order valence-corrected chi connectivity index (χ3v) is 11.0. The molecule has 0 aromatic heterocycles. The van der Waals surface area contributed by atoms with Crippen molar-refractivity contribution in [2.75, 3.05) is 71.2 Å². The Morgan fingerprint density at radius 3 is 2.34 bits per heavy atom. The fraction of sp³-hybridized carbons (Fsp3) is 0.523. The van der Waals surface area contributed by atoms with E-state index in [0.29, 0.717) is 80.6 Å². The number of carbonyl (C=O) groups is 3. The molecule has 2 atom stereocenters. The first-order chi connectivity index (χ1) is 31.4. The van der Waals surface area contributed by atoms with Crippen LogP contribution < -0.4 is 15.5 Å². The average molecular weight is 925 g/mol. The summed E-state index contributed by atoms with van der Waals surface area (Å²) in [5.41, 5.74) is 2.95. The van der Waals surface area contributed by atoms with Crippen molar-refractivity contribution >= 4 is 64.8 Å². The summed E-state index contributed by atoms with van der Waals surface area (Å²) in [5, 5.41) is 39.7. The van der Waals surface area contributed by atoms with Gasteiger partial charge in [-0.1, -0.05) is 30.3 Å². The van der Waals surface area contributed by atoms with Crippen molar-refractivity contribution in [3.05, 3.63) is 70.8 Å². The quantitative estimate of drug-likeness (QED) is 0.0111. The second-order valence-electron chi connectivity index (χ2n) is 14.4. The van der Waals surface area contributed by atoms with Gasteiger partial charge < -0.3 is 29.8 Å². The van der Waals surface area contributed by atoms with E-state index in [4.69, 9.17) is 33.1 Å². The van der Waals surface area contributed by atoms with E-state index in [1.807, 2.05) is 51.1 Å². The Labute approximate surface area is 379 Å². The van der Waals surface area contributed by atoms with Crippen molar-refractivity contribution in [1.29, 1.82) is 5.26 Å². The topological polar surface area (TPSA) is 255 Å². The number of amides is 2. The molecule has 0 aliphatic carbocycles. The highest BCUT2D eigenvalue weighted by Crippen LogP contribution is 2.51. The Balaban J connectivity index is 1.29. The molecule has 0 heterocycles. The highest BCUT2D eigenvalue weighted by atomic mass is 31.2. The van der Waals surface area contributed by atoms with Crippen LogP contribution in [0.15, 0.2) is 76.0 Å². The Morgan fingerprint density at radius 2 is 1.63 bits per heavy atom. The summed E-state index contributed by atoms with van der Waals surface area (Å²) in [7, 11) is -2.59. The zero-order chi connectivity index (χ0) is 47.3. The molecule has 2 amide bonds. The molecule has 0 spiro atoms. The van der Waals surface area contributed by atoms with Gasteiger partial charge in [0, 0.05) is 63.1 Å². The number of likely N-dealkylation sites (N-methyl/N-ethyl adjacent to an activating group) is 1. The summed E-state index contributed by atoms with van der Waals surface area (Å²) in [6.45, 7) is 7.94. The van der Waals surface area contributed by atoms with E-state index >= 15 is 0 Å². The SMILES string of the molecule is CCC(COCCCNC(=O)CCC/C(C)=N/OCCN(CC)c1ccc(/N=N/c2ccc([N+](=O)[O-])c3ccccc23)cc1)OP(=O)(OCCC#N)OCCCOC(=O)CCC(=O)NC. The van der Waals surface area contributed by atoms with Gasteiger partial charge in [-0.2, -0.15) is 10.4 Å². The molecule has 0 saturated heterocycles. The fourth-order valence-corrected chi connectivity index (χ4v) is 7.37. The second-order valence-corrected chi connectivity index (χ2v) is 16.0. The van der Waals surface area contributed by atoms with Crippen LogP contribution in [-0.4, -0.2) is 101 Å². The number of nitriles is 1. The van der Waals surface area contributed by atoms with Gasteiger partial charge >= 0.3 is 13.8 Å². The molecule has 65 heavy (non-hydrogen) atoms. The van der Waals surface area contributed by atoms with Crippen LogP contribution in [0.3, 0.4) is 0 Å². The average Bonchev–Trinajstić information content (AvgIpc) is 3.30. The number of carbonyl (C=O) groups excluding carboxylic acids is 3. The number of benzene rings is 3. The molecule has 3 aromatic carbocycles. The summed E-state index contributed by atoms with van der Waals surface area (Å²) in [5.74, 6) is -0.910. The van der Waals surface area contributed by atoms with Crippen LogP contribution in [0.1, 0.15) is 78.6 Å². The summed E-state index contributed by atoms with van der Waals surface area (Å²) in [4.78, 5) is 54.2. The van der Waals surface area contributed by atoms with Crippen molar-refractivity contribution in [2.24, 2.45) is 15.4 Å². The van der Waals surface area contributed by atoms with Gasteiger partial charge in [0.2, 0.25) is 11.8 Å². The number of hydrogen-bond acceptors (Lipinski definition) is 17. The molecule has 0 aliphatic heterocycles. The maximum absolute atomic E-state index is 13.3. The predicted molar refractivity (Wildman–Crippen MR) is 244 cm³/mol. The Bertz CT molecular complexity index is 2120. The van der Waals surface area contributed by atoms with E-state index < -0.39 is 24.8 Å². The van der Waals surface area contributed by atoms with Gasteiger partial charge in [0.15, 0.2) is 0 Å². The van der Waals surface area contributed by atoms with Gasteiger partial charge in [-0.3, -0.25) is 38.1 Å². The molecular weight excluding hydrogens is 864 g/mol. The normalized spacial score (nSPS) is 12.9. The van der Waals surface area contributed by atoms with Crippen LogP contribution in [-0.2, 0) is 46.8 Å². The van der Waals surface area contributed by atoms with E-state index in [1.54, 1.807) is 30.3 Å². The smallest absolute Gasteiger partial charge is 0.466 e. The summed E-state index contributed by atoms with van der Waals surface area (Å²) in [6, 6.07) is 19.6. The van der Waals surface area contributed by atoms with Crippen molar-refractivity contribution in [3.8, 4) is 6.07 Å². The highest BCUT2D eigenvalue weighted by molar-refractivity contribution is 7.48. The number of fused-ring (bicyclic) bond motifs is 1. The minimum atomic E-state index is -4.07. The number of rotatable bonds is 33. The standard InChI is InChI=1S/C44H61N8O12P/c1-5-37(64-65(58,62-30-10-25-45)63-31-12-29-60-44(55)24-23-42(53)46-4)33-59-28-11-26-47-43(54)16-9-13-34(3)50-61-32-27-51(6-2)36-19-17-35(18-20-36)48-49-40-21-22-41(52(56)57)39-15-8-7-14-38(39)40/h7-8,14-15,17-22,37H,5-6,9-13,16,23-24,26-33H2,1-4H3,(H,46,53)(H,47,54)/b49-48+,50-34+. The zero-order valence-electron chi connectivity index (χ0n) is 37.6. The molecule has 21 heteroatoms. The predicted octanol–water partition coefficient (Wildman–Crippen LogP) is 8.39. The van der Waals surface area contributed by atoms with Gasteiger partial charge in [-0.15, -0.1) is 5.11 Å². The van der Waals surface area contributed by atoms with Gasteiger partial charge in [-0.05, 0) is 75.9 Å². The minimum absolute atomic E-state index is 0.0136. The molecule has 0 bridgehead atoms. The van der Waals surface area contributed by atoms with E-state index in [1.165, 1.54) is 13.1 Å². The van der Waals surface area contributed by atoms with Crippen LogP contribution in [0.25, 0.3) is 10.8 Å². The highest BCUT2D eigenvalue weighted by Gasteiger charge is 2.30. The van der Waals surface area contributed by atoms with Crippen LogP contribution in [0.5, 0.6) is 0 Å². The first kappa shape index (κ1) is 53.5. The van der Waals surface area contributed by atoms with Crippen LogP contribution in [0, 0.1) is 21.4 Å². The Morgan fingerprint density at radius 1 is 0.877 bits per heavy atom. The number of azo groups is 1. The molecule has 3 aromatic rings. The number of anilines is 1. The van der Waals surface area contributed by atoms with E-state index in [-0.39, 0.29) is 69.6 Å². The van der Waals surface area contributed by atoms with E-state index in [9.17, 15) is 29.1 Å². The third kappa shape index (κ3) is 20.7. The molecule has 0 saturated carbocycles. The molecule has 2 N–H and O–H groups in total. The number of phosphoric ester groups is 1. The van der Waals surface area contributed by atoms with Gasteiger partial charge in [0.1, 0.15) is 6.61 Å². The van der Waals surface area contributed by atoms with Crippen LogP contribution in [0.4, 0.5) is 22.7 Å². The summed E-state index contributed by atoms with van der Waals surface area (Å²) in [6.07, 6.45) is 1.98. The minimum Gasteiger partial charge on any atom is -0.466 e. The zero-order valence-corrected chi connectivity index (χ0v) is 38.5. The number of nitro benzene ring substituents is 1. The van der Waals surface area contributed by atoms with Crippen molar-refractivity contribution in [3.63, 3.8) is 0 Å². The maximum atomic E-state index is 13.3. The van der Waals surface area contributed by atoms with E-state index in [0.717, 1.165) is 17.9 Å². The van der Waals surface area contributed by atoms with Crippen LogP contribution in [0.2, 0.25) is 0 Å². The number of non-ortho nitro benzene ring substituents is 1. The van der Waals surface area contributed by atoms with Crippen molar-refractivity contribution < 1.29 is 51.8 Å². The number of phosphoric acid groups is 1. The number of nitrogens with zero attached hydrogens (tertiary/aromatic N) is 6. The largest absolute Gasteiger partial charge is 0.475 e. The number of hydrogen-bond donors (Lipinski definition) is 2. The molecule has 0 radical (unpaired) electrons. The number of ether oxygens (including phenoxy) is 2. The fourth-order valence-electron chi connectivity index (χ4n) is 5.93. The molecule has 3 rings (SSSR count). The summed E-state index contributed by atoms with van der Waals surface area (Å²) < 4.78 is 40.5. The third-order valence-electron chi connectivity index (χ3n) is 9.48. The lowest BCUT2D eigenvalue weighted by Gasteiger charge is -2.23. The van der Waals surface area contributed by atoms with Gasteiger partial charge in [0.25, 0.3) is 5.69 Å². The van der Waals surface area contributed by atoms with Crippen LogP contribution >= 0.6 is 7.82 Å². The Kier molecular flexibility index (Phi) is 25.0. The lowest BCUT2D eigenvalue weighted by Crippen LogP contribution is -2.26. The Hall–Kier alpha value is -5.84. The molecule has 0 fully saturated rings. The number of esters is 1. The van der Waals surface area contributed by atoms with Crippen molar-refractivity contribution in [2.45, 2.75) is 84.7 Å². The molecule has 354 valence electrons. The first-order valence-corrected chi connectivity index (χ1v) is 23.1. The number of nitrogens with one attached hydrogen (secondary N) is 2. The molecule has 20 nitrogen and oxygen atoms in total. The van der Waals surface area contributed by atoms with Gasteiger partial charge in [0.05, 0.1) is 85.4 Å². The second kappa shape index (κ2) is 30.3. The van der Waals surface area contributed by atoms with Crippen molar-refractivity contribution in [1.82, 2.24) is 10.6 Å². The van der Waals surface area contributed by atoms with E-state index in [2.05, 4.69) is 30.9 Å².